The molecule has 5 aromatic rings. The lowest BCUT2D eigenvalue weighted by Gasteiger charge is -2.44. The molecule has 4 atom stereocenters. The molecule has 12 heteroatoms. The third-order valence-corrected chi connectivity index (χ3v) is 10.8. The number of alkyl halides is 3. The van der Waals surface area contributed by atoms with Crippen molar-refractivity contribution in [3.05, 3.63) is 130 Å². The van der Waals surface area contributed by atoms with Crippen molar-refractivity contribution >= 4 is 51.7 Å². The third-order valence-electron chi connectivity index (χ3n) is 10.2. The highest BCUT2D eigenvalue weighted by atomic mass is 35.6. The fraction of sp³-hybridized carbons (Fsp3) is 0.350. The van der Waals surface area contributed by atoms with Crippen LogP contribution in [0.2, 0.25) is 0 Å². The fourth-order valence-corrected chi connectivity index (χ4v) is 7.59. The van der Waals surface area contributed by atoms with Gasteiger partial charge in [0.15, 0.2) is 6.29 Å². The van der Waals surface area contributed by atoms with Gasteiger partial charge in [-0.1, -0.05) is 115 Å². The van der Waals surface area contributed by atoms with Gasteiger partial charge in [0.05, 0.1) is 29.8 Å². The molecule has 272 valence electrons. The zero-order valence-corrected chi connectivity index (χ0v) is 31.0. The summed E-state index contributed by atoms with van der Waals surface area (Å²) in [5.41, 5.74) is 7.30. The van der Waals surface area contributed by atoms with E-state index in [9.17, 15) is 14.7 Å². The normalized spacial score (nSPS) is 21.7. The zero-order chi connectivity index (χ0) is 36.4. The van der Waals surface area contributed by atoms with Crippen molar-refractivity contribution in [2.24, 2.45) is 5.92 Å². The molecule has 0 aliphatic carbocycles. The van der Waals surface area contributed by atoms with Gasteiger partial charge < -0.3 is 29.8 Å². The van der Waals surface area contributed by atoms with E-state index in [1.165, 1.54) is 0 Å². The minimum absolute atomic E-state index is 0.0242. The summed E-state index contributed by atoms with van der Waals surface area (Å²) in [7, 11) is 0. The van der Waals surface area contributed by atoms with Gasteiger partial charge in [-0.25, -0.2) is 4.79 Å². The number of halogens is 3. The molecule has 3 heterocycles. The van der Waals surface area contributed by atoms with E-state index in [0.717, 1.165) is 76.9 Å². The van der Waals surface area contributed by atoms with Crippen LogP contribution in [0.25, 0.3) is 22.2 Å². The average Bonchev–Trinajstić information content (AvgIpc) is 3.50. The first-order valence-electron chi connectivity index (χ1n) is 17.5. The predicted molar refractivity (Wildman–Crippen MR) is 204 cm³/mol. The summed E-state index contributed by atoms with van der Waals surface area (Å²) in [6.45, 7) is 4.78. The van der Waals surface area contributed by atoms with Gasteiger partial charge in [-0.15, -0.1) is 0 Å². The number of hydrogen-bond donors (Lipinski definition) is 3. The number of rotatable bonds is 9. The summed E-state index contributed by atoms with van der Waals surface area (Å²) in [6, 6.07) is 31.9. The molecule has 0 saturated carbocycles. The fourth-order valence-electron chi connectivity index (χ4n) is 7.39. The predicted octanol–water partition coefficient (Wildman–Crippen LogP) is 7.60. The number of benzene rings is 4. The molecule has 2 aliphatic rings. The Balaban J connectivity index is 1.10. The maximum atomic E-state index is 12.9. The average molecular weight is 764 g/mol. The van der Waals surface area contributed by atoms with E-state index in [0.29, 0.717) is 0 Å². The first-order chi connectivity index (χ1) is 25.1. The molecular formula is C40H41Cl3N4O5. The number of hydrogen-bond acceptors (Lipinski definition) is 6. The molecule has 4 aromatic carbocycles. The summed E-state index contributed by atoms with van der Waals surface area (Å²) in [5, 5.41) is 12.3. The van der Waals surface area contributed by atoms with Gasteiger partial charge in [-0.2, -0.15) is 0 Å². The van der Waals surface area contributed by atoms with Crippen LogP contribution in [0.5, 0.6) is 0 Å². The molecule has 0 radical (unpaired) electrons. The molecule has 2 fully saturated rings. The maximum Gasteiger partial charge on any atom is 0.326 e. The molecule has 1 amide bonds. The van der Waals surface area contributed by atoms with Crippen LogP contribution in [0.4, 0.5) is 0 Å². The Hall–Kier alpha value is -3.67. The van der Waals surface area contributed by atoms with Crippen molar-refractivity contribution in [2.45, 2.75) is 61.2 Å². The van der Waals surface area contributed by atoms with E-state index < -0.39 is 16.0 Å². The number of carbonyl (C=O) groups excluding carboxylic acids is 1. The van der Waals surface area contributed by atoms with Crippen molar-refractivity contribution in [3.8, 4) is 11.1 Å². The number of likely N-dealkylation sites (tertiary alicyclic amines) is 1. The minimum Gasteiger partial charge on any atom is -0.392 e. The number of carbonyl (C=O) groups is 1. The number of H-pyrrole nitrogens is 1. The monoisotopic (exact) mass is 762 g/mol. The summed E-state index contributed by atoms with van der Waals surface area (Å²) in [4.78, 5) is 30.4. The smallest absolute Gasteiger partial charge is 0.326 e. The molecule has 0 bridgehead atoms. The molecule has 2 aliphatic heterocycles. The number of ether oxygens (including phenoxy) is 2. The summed E-state index contributed by atoms with van der Waals surface area (Å²) in [5.74, 6) is -0.650. The number of para-hydroxylation sites is 2. The van der Waals surface area contributed by atoms with Crippen LogP contribution in [-0.4, -0.2) is 55.0 Å². The van der Waals surface area contributed by atoms with Gasteiger partial charge >= 0.3 is 5.69 Å². The SMILES string of the molecule is CC1C(CN2CCC(n3c(=O)[nH]c4ccccc43)CC2)OC(c2cccc(-c3cccc(CNC(=O)C(Cl)(Cl)Cl)c3)c2)OC1c1ccc(CO)cc1. The van der Waals surface area contributed by atoms with Crippen molar-refractivity contribution < 1.29 is 19.4 Å². The van der Waals surface area contributed by atoms with E-state index in [2.05, 4.69) is 28.2 Å². The van der Waals surface area contributed by atoms with Crippen molar-refractivity contribution in [2.75, 3.05) is 19.6 Å². The van der Waals surface area contributed by atoms with Crippen molar-refractivity contribution in [1.82, 2.24) is 19.8 Å². The van der Waals surface area contributed by atoms with Gasteiger partial charge in [0, 0.05) is 43.7 Å². The summed E-state index contributed by atoms with van der Waals surface area (Å²) < 4.78 is 13.5. The van der Waals surface area contributed by atoms with E-state index in [1.807, 2.05) is 95.6 Å². The Morgan fingerprint density at radius 3 is 2.33 bits per heavy atom. The quantitative estimate of drug-likeness (QED) is 0.134. The largest absolute Gasteiger partial charge is 0.392 e. The highest BCUT2D eigenvalue weighted by Crippen LogP contribution is 2.43. The van der Waals surface area contributed by atoms with Crippen molar-refractivity contribution in [1.29, 1.82) is 0 Å². The van der Waals surface area contributed by atoms with Gasteiger partial charge in [-0.05, 0) is 64.9 Å². The standard InChI is InChI=1S/C40H41Cl3N4O5/c1-25-35(23-46-18-16-32(17-19-46)47-34-11-3-2-10-33(34)45-39(47)50)51-37(52-36(25)28-14-12-26(24-48)13-15-28)31-9-5-8-30(21-31)29-7-4-6-27(20-29)22-44-38(49)40(41,42)43/h2-15,20-21,25,32,35-37,48H,16-19,22-24H2,1H3,(H,44,49)(H,45,50). The Morgan fingerprint density at radius 1 is 0.885 bits per heavy atom. The molecule has 9 nitrogen and oxygen atoms in total. The van der Waals surface area contributed by atoms with Crippen LogP contribution >= 0.6 is 34.8 Å². The lowest BCUT2D eigenvalue weighted by Crippen LogP contribution is -2.47. The molecule has 1 aromatic heterocycles. The first kappa shape index (κ1) is 36.7. The second-order valence-electron chi connectivity index (χ2n) is 13.7. The second kappa shape index (κ2) is 15.7. The number of amides is 1. The number of aromatic nitrogens is 2. The lowest BCUT2D eigenvalue weighted by molar-refractivity contribution is -0.276. The van der Waals surface area contributed by atoms with E-state index in [4.69, 9.17) is 44.3 Å². The summed E-state index contributed by atoms with van der Waals surface area (Å²) >= 11 is 17.2. The van der Waals surface area contributed by atoms with E-state index >= 15 is 0 Å². The number of nitrogens with one attached hydrogen (secondary N) is 2. The Kier molecular flexibility index (Phi) is 11.1. The lowest BCUT2D eigenvalue weighted by atomic mass is 9.89. The number of aromatic amines is 1. The van der Waals surface area contributed by atoms with Crippen LogP contribution in [0.3, 0.4) is 0 Å². The number of aliphatic hydroxyl groups is 1. The van der Waals surface area contributed by atoms with Gasteiger partial charge in [-0.3, -0.25) is 9.36 Å². The first-order valence-corrected chi connectivity index (χ1v) is 18.7. The minimum atomic E-state index is -2.03. The van der Waals surface area contributed by atoms with Crippen LogP contribution in [0, 0.1) is 5.92 Å². The van der Waals surface area contributed by atoms with E-state index in [-0.39, 0.29) is 43.0 Å². The topological polar surface area (TPSA) is 109 Å². The van der Waals surface area contributed by atoms with Crippen molar-refractivity contribution in [3.63, 3.8) is 0 Å². The maximum absolute atomic E-state index is 12.9. The van der Waals surface area contributed by atoms with Gasteiger partial charge in [0.1, 0.15) is 0 Å². The zero-order valence-electron chi connectivity index (χ0n) is 28.7. The number of nitrogens with zero attached hydrogens (tertiary/aromatic N) is 2. The number of piperidine rings is 1. The van der Waals surface area contributed by atoms with Gasteiger partial charge in [0.25, 0.3) is 9.70 Å². The molecule has 0 spiro atoms. The Labute approximate surface area is 317 Å². The number of aliphatic hydroxyl groups excluding tert-OH is 1. The Bertz CT molecular complexity index is 2070. The molecule has 3 N–H and O–H groups in total. The second-order valence-corrected chi connectivity index (χ2v) is 16.0. The molecule has 2 saturated heterocycles. The highest BCUT2D eigenvalue weighted by Gasteiger charge is 2.40. The molecule has 52 heavy (non-hydrogen) atoms. The Morgan fingerprint density at radius 2 is 1.60 bits per heavy atom. The van der Waals surface area contributed by atoms with Crippen LogP contribution in [-0.2, 0) is 27.4 Å². The van der Waals surface area contributed by atoms with Crippen LogP contribution in [0.1, 0.15) is 60.5 Å². The molecule has 4 unspecified atom stereocenters. The van der Waals surface area contributed by atoms with Gasteiger partial charge in [0.2, 0.25) is 0 Å². The van der Waals surface area contributed by atoms with Crippen LogP contribution < -0.4 is 11.0 Å². The molecule has 7 rings (SSSR count). The van der Waals surface area contributed by atoms with E-state index in [1.54, 1.807) is 0 Å². The van der Waals surface area contributed by atoms with Crippen LogP contribution in [0.15, 0.2) is 102 Å². The number of fused-ring (bicyclic) bond motifs is 1. The highest BCUT2D eigenvalue weighted by molar-refractivity contribution is 6.76. The summed E-state index contributed by atoms with van der Waals surface area (Å²) in [6.07, 6.45) is 0.723. The molecular weight excluding hydrogens is 723 g/mol. The number of imidazole rings is 1. The third kappa shape index (κ3) is 8.11.